The van der Waals surface area contributed by atoms with Crippen molar-refractivity contribution in [1.29, 1.82) is 0 Å². The number of benzene rings is 2. The molecule has 0 saturated heterocycles. The van der Waals surface area contributed by atoms with Gasteiger partial charge in [0.2, 0.25) is 6.79 Å². The number of halogens is 1. The van der Waals surface area contributed by atoms with Crippen molar-refractivity contribution in [2.45, 2.75) is 6.54 Å². The molecule has 1 aliphatic heterocycles. The minimum atomic E-state index is 0.234. The SMILES string of the molecule is CN(C)c1ccc(NCc2cc(Cl)c3c(c2)OCO3)cc1. The molecule has 0 bridgehead atoms. The van der Waals surface area contributed by atoms with Gasteiger partial charge < -0.3 is 19.7 Å². The Morgan fingerprint density at radius 3 is 2.62 bits per heavy atom. The molecule has 0 aliphatic carbocycles. The van der Waals surface area contributed by atoms with Crippen LogP contribution in [0.3, 0.4) is 0 Å². The highest BCUT2D eigenvalue weighted by atomic mass is 35.5. The summed E-state index contributed by atoms with van der Waals surface area (Å²) in [7, 11) is 4.05. The van der Waals surface area contributed by atoms with Crippen LogP contribution < -0.4 is 19.7 Å². The molecule has 0 spiro atoms. The monoisotopic (exact) mass is 304 g/mol. The van der Waals surface area contributed by atoms with Gasteiger partial charge in [-0.25, -0.2) is 0 Å². The summed E-state index contributed by atoms with van der Waals surface area (Å²) < 4.78 is 10.7. The Morgan fingerprint density at radius 2 is 1.90 bits per heavy atom. The van der Waals surface area contributed by atoms with Crippen molar-refractivity contribution in [1.82, 2.24) is 0 Å². The van der Waals surface area contributed by atoms with Gasteiger partial charge in [-0.15, -0.1) is 0 Å². The fourth-order valence-corrected chi connectivity index (χ4v) is 2.49. The van der Waals surface area contributed by atoms with E-state index in [1.54, 1.807) is 0 Å². The maximum Gasteiger partial charge on any atom is 0.231 e. The van der Waals surface area contributed by atoms with Gasteiger partial charge in [0.1, 0.15) is 0 Å². The molecule has 0 radical (unpaired) electrons. The van der Waals surface area contributed by atoms with Crippen LogP contribution in [0.5, 0.6) is 11.5 Å². The van der Waals surface area contributed by atoms with Crippen LogP contribution in [0.1, 0.15) is 5.56 Å². The van der Waals surface area contributed by atoms with Crippen molar-refractivity contribution in [2.24, 2.45) is 0 Å². The second-order valence-corrected chi connectivity index (χ2v) is 5.51. The number of anilines is 2. The first kappa shape index (κ1) is 13.9. The van der Waals surface area contributed by atoms with Gasteiger partial charge in [-0.1, -0.05) is 11.6 Å². The zero-order valence-corrected chi connectivity index (χ0v) is 12.8. The molecule has 5 heteroatoms. The third-order valence-electron chi connectivity index (χ3n) is 3.37. The first-order valence-corrected chi connectivity index (χ1v) is 7.10. The minimum Gasteiger partial charge on any atom is -0.454 e. The molecular formula is C16H17ClN2O2. The van der Waals surface area contributed by atoms with Gasteiger partial charge >= 0.3 is 0 Å². The van der Waals surface area contributed by atoms with Gasteiger partial charge in [0.25, 0.3) is 0 Å². The lowest BCUT2D eigenvalue weighted by molar-refractivity contribution is 0.174. The lowest BCUT2D eigenvalue weighted by Gasteiger charge is -2.13. The van der Waals surface area contributed by atoms with Gasteiger partial charge in [0, 0.05) is 32.0 Å². The zero-order valence-electron chi connectivity index (χ0n) is 12.0. The molecule has 1 aliphatic rings. The lowest BCUT2D eigenvalue weighted by Crippen LogP contribution is -2.08. The van der Waals surface area contributed by atoms with E-state index in [0.29, 0.717) is 23.1 Å². The Balaban J connectivity index is 1.69. The normalized spacial score (nSPS) is 12.3. The van der Waals surface area contributed by atoms with Crippen molar-refractivity contribution in [3.63, 3.8) is 0 Å². The minimum absolute atomic E-state index is 0.234. The summed E-state index contributed by atoms with van der Waals surface area (Å²) in [6.45, 7) is 0.912. The standard InChI is InChI=1S/C16H17ClN2O2/c1-19(2)13-5-3-12(4-6-13)18-9-11-7-14(17)16-15(8-11)20-10-21-16/h3-8,18H,9-10H2,1-2H3. The summed E-state index contributed by atoms with van der Waals surface area (Å²) in [4.78, 5) is 2.07. The van der Waals surface area contributed by atoms with Crippen molar-refractivity contribution in [3.05, 3.63) is 47.0 Å². The van der Waals surface area contributed by atoms with Gasteiger partial charge in [0.05, 0.1) is 5.02 Å². The molecule has 0 aromatic heterocycles. The van der Waals surface area contributed by atoms with Crippen LogP contribution in [0.4, 0.5) is 11.4 Å². The van der Waals surface area contributed by atoms with Gasteiger partial charge in [-0.2, -0.15) is 0 Å². The third-order valence-corrected chi connectivity index (χ3v) is 3.65. The van der Waals surface area contributed by atoms with Crippen LogP contribution in [-0.2, 0) is 6.54 Å². The van der Waals surface area contributed by atoms with E-state index in [1.165, 1.54) is 5.69 Å². The van der Waals surface area contributed by atoms with E-state index in [-0.39, 0.29) is 6.79 Å². The number of ether oxygens (including phenoxy) is 2. The molecule has 3 rings (SSSR count). The van der Waals surface area contributed by atoms with Crippen LogP contribution >= 0.6 is 11.6 Å². The van der Waals surface area contributed by atoms with Crippen LogP contribution in [-0.4, -0.2) is 20.9 Å². The fourth-order valence-electron chi connectivity index (χ4n) is 2.20. The average Bonchev–Trinajstić information content (AvgIpc) is 2.94. The van der Waals surface area contributed by atoms with E-state index in [1.807, 2.05) is 26.2 Å². The first-order chi connectivity index (χ1) is 10.1. The van der Waals surface area contributed by atoms with E-state index in [4.69, 9.17) is 21.1 Å². The van der Waals surface area contributed by atoms with Gasteiger partial charge in [-0.05, 0) is 42.0 Å². The average molecular weight is 305 g/mol. The quantitative estimate of drug-likeness (QED) is 0.933. The second-order valence-electron chi connectivity index (χ2n) is 5.11. The molecule has 1 N–H and O–H groups in total. The smallest absolute Gasteiger partial charge is 0.231 e. The highest BCUT2D eigenvalue weighted by Crippen LogP contribution is 2.39. The summed E-state index contributed by atoms with van der Waals surface area (Å²) in [6, 6.07) is 12.1. The Bertz CT molecular complexity index is 641. The predicted molar refractivity (Wildman–Crippen MR) is 85.7 cm³/mol. The number of hydrogen-bond donors (Lipinski definition) is 1. The molecule has 0 atom stereocenters. The van der Waals surface area contributed by atoms with Crippen LogP contribution in [0.2, 0.25) is 5.02 Å². The Hall–Kier alpha value is -2.07. The predicted octanol–water partition coefficient (Wildman–Crippen LogP) is 3.75. The molecular weight excluding hydrogens is 288 g/mol. The molecule has 0 fully saturated rings. The molecule has 21 heavy (non-hydrogen) atoms. The van der Waals surface area contributed by atoms with Crippen molar-refractivity contribution in [3.8, 4) is 11.5 Å². The number of hydrogen-bond acceptors (Lipinski definition) is 4. The Kier molecular flexibility index (Phi) is 3.80. The van der Waals surface area contributed by atoms with Crippen LogP contribution in [0, 0.1) is 0 Å². The van der Waals surface area contributed by atoms with E-state index < -0.39 is 0 Å². The van der Waals surface area contributed by atoms with Crippen molar-refractivity contribution in [2.75, 3.05) is 31.1 Å². The van der Waals surface area contributed by atoms with E-state index in [2.05, 4.69) is 34.5 Å². The molecule has 2 aromatic carbocycles. The highest BCUT2D eigenvalue weighted by molar-refractivity contribution is 6.32. The van der Waals surface area contributed by atoms with Crippen LogP contribution in [0.15, 0.2) is 36.4 Å². The molecule has 4 nitrogen and oxygen atoms in total. The molecule has 0 unspecified atom stereocenters. The summed E-state index contributed by atoms with van der Waals surface area (Å²) in [5.74, 6) is 1.35. The molecule has 1 heterocycles. The summed E-state index contributed by atoms with van der Waals surface area (Å²) >= 11 is 6.17. The second kappa shape index (κ2) is 5.74. The Morgan fingerprint density at radius 1 is 1.14 bits per heavy atom. The van der Waals surface area contributed by atoms with Crippen LogP contribution in [0.25, 0.3) is 0 Å². The summed E-state index contributed by atoms with van der Waals surface area (Å²) in [6.07, 6.45) is 0. The Labute approximate surface area is 129 Å². The number of nitrogens with one attached hydrogen (secondary N) is 1. The largest absolute Gasteiger partial charge is 0.454 e. The highest BCUT2D eigenvalue weighted by Gasteiger charge is 2.18. The number of nitrogens with zero attached hydrogens (tertiary/aromatic N) is 1. The lowest BCUT2D eigenvalue weighted by atomic mass is 10.2. The van der Waals surface area contributed by atoms with Crippen molar-refractivity contribution < 1.29 is 9.47 Å². The van der Waals surface area contributed by atoms with Gasteiger partial charge in [-0.3, -0.25) is 0 Å². The number of rotatable bonds is 4. The zero-order chi connectivity index (χ0) is 14.8. The maximum atomic E-state index is 6.17. The molecule has 2 aromatic rings. The number of fused-ring (bicyclic) bond motifs is 1. The van der Waals surface area contributed by atoms with E-state index in [9.17, 15) is 0 Å². The first-order valence-electron chi connectivity index (χ1n) is 6.73. The molecule has 0 amide bonds. The van der Waals surface area contributed by atoms with E-state index >= 15 is 0 Å². The topological polar surface area (TPSA) is 33.7 Å². The molecule has 0 saturated carbocycles. The third kappa shape index (κ3) is 3.00. The van der Waals surface area contributed by atoms with Gasteiger partial charge in [0.15, 0.2) is 11.5 Å². The van der Waals surface area contributed by atoms with Crippen molar-refractivity contribution >= 4 is 23.0 Å². The maximum absolute atomic E-state index is 6.17. The van der Waals surface area contributed by atoms with E-state index in [0.717, 1.165) is 11.3 Å². The fraction of sp³-hybridized carbons (Fsp3) is 0.250. The summed E-state index contributed by atoms with van der Waals surface area (Å²) in [5, 5.41) is 3.96. The summed E-state index contributed by atoms with van der Waals surface area (Å²) in [5.41, 5.74) is 3.29. The molecule has 110 valence electrons.